The Morgan fingerprint density at radius 3 is 0.930 bits per heavy atom. The van der Waals surface area contributed by atoms with E-state index in [9.17, 15) is 5.26 Å². The molecule has 0 unspecified atom stereocenters. The van der Waals surface area contributed by atoms with Crippen LogP contribution in [0.5, 0.6) is 0 Å². The highest BCUT2D eigenvalue weighted by Crippen LogP contribution is 2.42. The lowest BCUT2D eigenvalue weighted by Crippen LogP contribution is -2.35. The fraction of sp³-hybridized carbons (Fsp3) is 0.136. The van der Waals surface area contributed by atoms with Gasteiger partial charge in [-0.3, -0.25) is 0 Å². The summed E-state index contributed by atoms with van der Waals surface area (Å²) in [6, 6.07) is 96.4. The molecular formula is C88H71N9O3. The second kappa shape index (κ2) is 24.6. The number of aromatic nitrogens is 4. The third kappa shape index (κ3) is 11.3. The van der Waals surface area contributed by atoms with E-state index in [1.807, 2.05) is 48.5 Å². The number of aliphatic hydroxyl groups is 1. The van der Waals surface area contributed by atoms with Crippen molar-refractivity contribution in [1.29, 1.82) is 5.26 Å². The van der Waals surface area contributed by atoms with Gasteiger partial charge < -0.3 is 38.6 Å². The van der Waals surface area contributed by atoms with Gasteiger partial charge in [0.15, 0.2) is 5.69 Å². The van der Waals surface area contributed by atoms with Gasteiger partial charge in [-0.15, -0.1) is 0 Å². The topological polar surface area (TPSA) is 137 Å². The van der Waals surface area contributed by atoms with Crippen LogP contribution < -0.4 is 5.73 Å². The Kier molecular flexibility index (Phi) is 15.4. The lowest BCUT2D eigenvalue weighted by atomic mass is 10.0. The van der Waals surface area contributed by atoms with Gasteiger partial charge in [0.2, 0.25) is 11.8 Å². The largest absolute Gasteiger partial charge is 0.475 e. The smallest absolute Gasteiger partial charge is 0.216 e. The van der Waals surface area contributed by atoms with Gasteiger partial charge in [0.25, 0.3) is 0 Å². The number of fused-ring (bicyclic) bond motifs is 12. The average molecular weight is 1300 g/mol. The van der Waals surface area contributed by atoms with E-state index in [2.05, 4.69) is 275 Å². The first-order valence-corrected chi connectivity index (χ1v) is 33.7. The maximum absolute atomic E-state index is 9.28. The van der Waals surface area contributed by atoms with Gasteiger partial charge in [-0.1, -0.05) is 109 Å². The summed E-state index contributed by atoms with van der Waals surface area (Å²) in [5.74, 6) is 1.44. The van der Waals surface area contributed by atoms with Crippen LogP contribution in [0.4, 0.5) is 5.69 Å². The quantitative estimate of drug-likeness (QED) is 0.139. The zero-order valence-electron chi connectivity index (χ0n) is 56.4. The highest BCUT2D eigenvalue weighted by molar-refractivity contribution is 6.15. The van der Waals surface area contributed by atoms with Crippen molar-refractivity contribution in [2.75, 3.05) is 19.8 Å². The molecule has 2 aliphatic heterocycles. The van der Waals surface area contributed by atoms with Crippen molar-refractivity contribution in [2.45, 2.75) is 58.2 Å². The van der Waals surface area contributed by atoms with E-state index in [0.717, 1.165) is 78.9 Å². The highest BCUT2D eigenvalue weighted by Gasteiger charge is 2.29. The molecule has 2 aliphatic rings. The average Bonchev–Trinajstić information content (AvgIpc) is 1.61. The zero-order valence-corrected chi connectivity index (χ0v) is 56.4. The standard InChI is InChI=1S/C46H38N4O2.C38H22N4.C4H11NO/c1-45(2)27-51-43(47-45)29-13-19-33(20-14-29)49-39-11-7-5-9-35(39)37-25-31(17-23-41(37)49)32-18-24-42-38(26-32)36-10-6-8-12-40(36)50(42)34-21-15-30(16-22-34)44-48-46(3,4)28-52-44;1-40-28-14-18-30(19-15-28)42-36-9-5-3-7-32(36)34-23-27(13-21-38(34)42)26-12-20-37-33(22-26)31-6-2-4-8-35(31)41(37)29-16-10-25(24-39)11-17-29;1-4(2,5)3-6/h5-26H,27-28H2,1-4H3;2-23H;6H,3,5H2,1-2H3. The molecule has 12 nitrogen and oxygen atoms in total. The predicted octanol–water partition coefficient (Wildman–Crippen LogP) is 20.3. The first-order valence-electron chi connectivity index (χ1n) is 33.7. The molecule has 6 heterocycles. The summed E-state index contributed by atoms with van der Waals surface area (Å²) in [5.41, 5.74) is 26.0. The van der Waals surface area contributed by atoms with Crippen LogP contribution in [0.15, 0.2) is 277 Å². The van der Waals surface area contributed by atoms with Crippen LogP contribution in [-0.2, 0) is 9.47 Å². The normalized spacial score (nSPS) is 14.0. The third-order valence-electron chi connectivity index (χ3n) is 18.9. The Balaban J connectivity index is 0.000000147. The molecule has 12 aromatic carbocycles. The van der Waals surface area contributed by atoms with Crippen molar-refractivity contribution in [2.24, 2.45) is 15.7 Å². The van der Waals surface area contributed by atoms with Gasteiger partial charge in [0.1, 0.15) is 13.2 Å². The van der Waals surface area contributed by atoms with E-state index in [-0.39, 0.29) is 17.7 Å². The first-order chi connectivity index (χ1) is 48.5. The predicted molar refractivity (Wildman–Crippen MR) is 411 cm³/mol. The highest BCUT2D eigenvalue weighted by atomic mass is 16.5. The van der Waals surface area contributed by atoms with Gasteiger partial charge in [-0.25, -0.2) is 14.8 Å². The first kappa shape index (κ1) is 62.5. The molecule has 16 aromatic rings. The number of rotatable bonds is 9. The molecule has 0 spiro atoms. The van der Waals surface area contributed by atoms with E-state index in [4.69, 9.17) is 36.9 Å². The third-order valence-corrected chi connectivity index (χ3v) is 18.9. The number of aliphatic imine (C=N–C) groups is 2. The SMILES string of the molecule is CC(C)(N)CO.CC1(C)COC(c2ccc(-n3c4ccccc4c4cc(-c5ccc6c(c5)c5ccccc5n6-c5ccc(C6=NC(C)(C)CO6)cc5)ccc43)cc2)=N1.[C-]#[N+]c1ccc(-n2c3ccccc3c3cc(-c4ccc5c(c4)c4ccccc4n5-c4ccc(C#N)cc4)ccc32)cc1. The lowest BCUT2D eigenvalue weighted by molar-refractivity contribution is 0.221. The molecule has 3 N–H and O–H groups in total. The van der Waals surface area contributed by atoms with Crippen molar-refractivity contribution in [3.05, 3.63) is 295 Å². The number of nitrogens with zero attached hydrogens (tertiary/aromatic N) is 8. The molecule has 0 bridgehead atoms. The fourth-order valence-corrected chi connectivity index (χ4v) is 14.1. The Morgan fingerprint density at radius 1 is 0.410 bits per heavy atom. The molecule has 0 atom stereocenters. The van der Waals surface area contributed by atoms with Gasteiger partial charge in [-0.2, -0.15) is 5.26 Å². The van der Waals surface area contributed by atoms with Gasteiger partial charge in [0, 0.05) is 82.5 Å². The fourth-order valence-electron chi connectivity index (χ4n) is 14.1. The molecule has 0 saturated heterocycles. The summed E-state index contributed by atoms with van der Waals surface area (Å²) in [4.78, 5) is 13.1. The molecule has 12 heteroatoms. The minimum absolute atomic E-state index is 0.0486. The number of aliphatic hydroxyl groups excluding tert-OH is 1. The Bertz CT molecular complexity index is 5690. The summed E-state index contributed by atoms with van der Waals surface area (Å²) in [5, 5.41) is 27.2. The van der Waals surface area contributed by atoms with E-state index in [1.54, 1.807) is 13.8 Å². The van der Waals surface area contributed by atoms with Crippen LogP contribution in [0.3, 0.4) is 0 Å². The van der Waals surface area contributed by atoms with Crippen LogP contribution >= 0.6 is 0 Å². The van der Waals surface area contributed by atoms with Crippen molar-refractivity contribution < 1.29 is 14.6 Å². The number of nitrogens with two attached hydrogens (primary N) is 1. The lowest BCUT2D eigenvalue weighted by Gasteiger charge is -2.12. The molecule has 18 rings (SSSR count). The Hall–Kier alpha value is -12.3. The van der Waals surface area contributed by atoms with Gasteiger partial charge >= 0.3 is 0 Å². The van der Waals surface area contributed by atoms with Gasteiger partial charge in [-0.05, 0) is 222 Å². The van der Waals surface area contributed by atoms with E-state index in [0.29, 0.717) is 24.5 Å². The summed E-state index contributed by atoms with van der Waals surface area (Å²) in [6.45, 7) is 20.5. The number of hydrogen-bond acceptors (Lipinski definition) is 7. The van der Waals surface area contributed by atoms with Crippen LogP contribution in [-0.4, -0.2) is 71.6 Å². The van der Waals surface area contributed by atoms with E-state index >= 15 is 0 Å². The summed E-state index contributed by atoms with van der Waals surface area (Å²) in [6.07, 6.45) is 0. The molecule has 4 aromatic heterocycles. The maximum Gasteiger partial charge on any atom is 0.216 e. The second-order valence-corrected chi connectivity index (χ2v) is 27.9. The summed E-state index contributed by atoms with van der Waals surface area (Å²) >= 11 is 0. The van der Waals surface area contributed by atoms with E-state index < -0.39 is 5.54 Å². The molecule has 0 saturated carbocycles. The second-order valence-electron chi connectivity index (χ2n) is 27.9. The Labute approximate surface area is 579 Å². The molecule has 100 heavy (non-hydrogen) atoms. The summed E-state index contributed by atoms with van der Waals surface area (Å²) in [7, 11) is 0. The number of nitriles is 1. The zero-order chi connectivity index (χ0) is 68.6. The van der Waals surface area contributed by atoms with Crippen molar-refractivity contribution in [3.8, 4) is 51.1 Å². The van der Waals surface area contributed by atoms with Crippen LogP contribution in [0.1, 0.15) is 58.2 Å². The number of hydrogen-bond donors (Lipinski definition) is 2. The number of benzene rings is 12. The number of ether oxygens (including phenoxy) is 2. The van der Waals surface area contributed by atoms with Crippen molar-refractivity contribution in [3.63, 3.8) is 0 Å². The monoisotopic (exact) mass is 1300 g/mol. The van der Waals surface area contributed by atoms with Crippen molar-refractivity contribution >= 4 is 105 Å². The Morgan fingerprint density at radius 2 is 0.670 bits per heavy atom. The van der Waals surface area contributed by atoms with Crippen LogP contribution in [0, 0.1) is 17.9 Å². The summed E-state index contributed by atoms with van der Waals surface area (Å²) < 4.78 is 21.1. The minimum Gasteiger partial charge on any atom is -0.475 e. The van der Waals surface area contributed by atoms with Crippen molar-refractivity contribution in [1.82, 2.24) is 18.3 Å². The molecule has 0 radical (unpaired) electrons. The molecule has 0 fully saturated rings. The molecule has 486 valence electrons. The van der Waals surface area contributed by atoms with Crippen LogP contribution in [0.25, 0.3) is 137 Å². The van der Waals surface area contributed by atoms with E-state index in [1.165, 1.54) is 76.3 Å². The van der Waals surface area contributed by atoms with Gasteiger partial charge in [0.05, 0.1) is 80.0 Å². The molecular weight excluding hydrogens is 1230 g/mol. The minimum atomic E-state index is -0.403. The maximum atomic E-state index is 9.28. The van der Waals surface area contributed by atoms with Crippen LogP contribution in [0.2, 0.25) is 0 Å². The molecule has 0 amide bonds. The molecule has 0 aliphatic carbocycles. The number of para-hydroxylation sites is 4.